The van der Waals surface area contributed by atoms with E-state index in [-0.39, 0.29) is 23.1 Å². The van der Waals surface area contributed by atoms with Gasteiger partial charge in [0, 0.05) is 17.0 Å². The second-order valence-electron chi connectivity index (χ2n) is 3.57. The lowest BCUT2D eigenvalue weighted by molar-refractivity contribution is -0.153. The summed E-state index contributed by atoms with van der Waals surface area (Å²) in [5, 5.41) is 9.74. The molecule has 1 N–H and O–H groups in total. The number of halogens is 2. The molecule has 0 bridgehead atoms. The lowest BCUT2D eigenvalue weighted by atomic mass is 10.0. The van der Waals surface area contributed by atoms with Crippen molar-refractivity contribution in [2.45, 2.75) is 13.0 Å². The van der Waals surface area contributed by atoms with Gasteiger partial charge in [-0.25, -0.2) is 13.6 Å². The molecule has 0 aliphatic carbocycles. The lowest BCUT2D eigenvalue weighted by Crippen LogP contribution is -2.17. The second-order valence-corrected chi connectivity index (χ2v) is 3.57. The van der Waals surface area contributed by atoms with E-state index < -0.39 is 23.7 Å². The van der Waals surface area contributed by atoms with Gasteiger partial charge < -0.3 is 14.3 Å². The highest BCUT2D eigenvalue weighted by Gasteiger charge is 2.27. The maximum atomic E-state index is 13.7. The number of esters is 1. The SMILES string of the molecule is CCOC(=O)C(O)c1c(F)cc(F)c2occc12. The average molecular weight is 256 g/mol. The van der Waals surface area contributed by atoms with E-state index >= 15 is 0 Å². The van der Waals surface area contributed by atoms with Crippen LogP contribution in [0, 0.1) is 11.6 Å². The highest BCUT2D eigenvalue weighted by molar-refractivity contribution is 5.88. The third kappa shape index (κ3) is 1.95. The van der Waals surface area contributed by atoms with Crippen LogP contribution < -0.4 is 0 Å². The van der Waals surface area contributed by atoms with Gasteiger partial charge in [-0.2, -0.15) is 0 Å². The Bertz CT molecular complexity index is 591. The predicted octanol–water partition coefficient (Wildman–Crippen LogP) is 2.31. The summed E-state index contributed by atoms with van der Waals surface area (Å²) in [6.45, 7) is 1.60. The quantitative estimate of drug-likeness (QED) is 0.856. The molecule has 1 heterocycles. The number of rotatable bonds is 3. The van der Waals surface area contributed by atoms with Crippen LogP contribution in [0.25, 0.3) is 11.0 Å². The molecule has 1 aromatic carbocycles. The molecule has 0 fully saturated rings. The highest BCUT2D eigenvalue weighted by Crippen LogP contribution is 2.30. The van der Waals surface area contributed by atoms with Crippen molar-refractivity contribution in [1.29, 1.82) is 0 Å². The fourth-order valence-electron chi connectivity index (χ4n) is 1.71. The maximum Gasteiger partial charge on any atom is 0.339 e. The van der Waals surface area contributed by atoms with Crippen molar-refractivity contribution in [1.82, 2.24) is 0 Å². The summed E-state index contributed by atoms with van der Waals surface area (Å²) in [4.78, 5) is 11.4. The van der Waals surface area contributed by atoms with E-state index in [1.807, 2.05) is 0 Å². The Hall–Kier alpha value is -1.95. The molecule has 2 rings (SSSR count). The molecular weight excluding hydrogens is 246 g/mol. The van der Waals surface area contributed by atoms with Crippen molar-refractivity contribution in [3.05, 3.63) is 35.6 Å². The van der Waals surface area contributed by atoms with Crippen molar-refractivity contribution in [2.75, 3.05) is 6.61 Å². The first kappa shape index (κ1) is 12.5. The van der Waals surface area contributed by atoms with Crippen molar-refractivity contribution in [3.63, 3.8) is 0 Å². The van der Waals surface area contributed by atoms with Crippen molar-refractivity contribution >= 4 is 16.9 Å². The van der Waals surface area contributed by atoms with Gasteiger partial charge >= 0.3 is 5.97 Å². The normalized spacial score (nSPS) is 12.7. The number of furan rings is 1. The monoisotopic (exact) mass is 256 g/mol. The third-order valence-corrected chi connectivity index (χ3v) is 2.47. The summed E-state index contributed by atoms with van der Waals surface area (Å²) in [7, 11) is 0. The van der Waals surface area contributed by atoms with Crippen LogP contribution >= 0.6 is 0 Å². The van der Waals surface area contributed by atoms with Gasteiger partial charge in [0.2, 0.25) is 0 Å². The average Bonchev–Trinajstić information content (AvgIpc) is 2.78. The number of benzene rings is 1. The summed E-state index contributed by atoms with van der Waals surface area (Å²) < 4.78 is 36.4. The van der Waals surface area contributed by atoms with Gasteiger partial charge in [0.25, 0.3) is 0 Å². The van der Waals surface area contributed by atoms with Crippen LogP contribution in [-0.2, 0) is 9.53 Å². The van der Waals surface area contributed by atoms with Gasteiger partial charge in [0.05, 0.1) is 12.9 Å². The number of hydrogen-bond donors (Lipinski definition) is 1. The summed E-state index contributed by atoms with van der Waals surface area (Å²) in [6, 6.07) is 1.84. The van der Waals surface area contributed by atoms with E-state index in [4.69, 9.17) is 4.42 Å². The largest absolute Gasteiger partial charge is 0.464 e. The smallest absolute Gasteiger partial charge is 0.339 e. The third-order valence-electron chi connectivity index (χ3n) is 2.47. The fourth-order valence-corrected chi connectivity index (χ4v) is 1.71. The number of aliphatic hydroxyl groups is 1. The van der Waals surface area contributed by atoms with Gasteiger partial charge in [-0.05, 0) is 13.0 Å². The molecule has 4 nitrogen and oxygen atoms in total. The summed E-state index contributed by atoms with van der Waals surface area (Å²) in [5.74, 6) is -2.92. The zero-order valence-electron chi connectivity index (χ0n) is 9.44. The molecule has 0 amide bonds. The number of hydrogen-bond acceptors (Lipinski definition) is 4. The van der Waals surface area contributed by atoms with E-state index in [2.05, 4.69) is 4.74 Å². The molecule has 0 radical (unpaired) electrons. The van der Waals surface area contributed by atoms with Crippen molar-refractivity contribution in [2.24, 2.45) is 0 Å². The Morgan fingerprint density at radius 1 is 1.50 bits per heavy atom. The summed E-state index contributed by atoms with van der Waals surface area (Å²) in [6.07, 6.45) is -0.667. The molecule has 0 saturated carbocycles. The number of carbonyl (C=O) groups excluding carboxylic acids is 1. The molecule has 6 heteroatoms. The topological polar surface area (TPSA) is 59.7 Å². The second kappa shape index (κ2) is 4.73. The van der Waals surface area contributed by atoms with E-state index in [0.717, 1.165) is 6.26 Å². The Balaban J connectivity index is 2.56. The van der Waals surface area contributed by atoms with Crippen LogP contribution in [0.15, 0.2) is 22.8 Å². The molecule has 1 atom stereocenters. The van der Waals surface area contributed by atoms with Gasteiger partial charge in [-0.3, -0.25) is 0 Å². The van der Waals surface area contributed by atoms with Crippen molar-refractivity contribution < 1.29 is 27.8 Å². The molecular formula is C12H10F2O4. The minimum absolute atomic E-state index is 0.00746. The minimum atomic E-state index is -1.81. The zero-order chi connectivity index (χ0) is 13.3. The molecule has 18 heavy (non-hydrogen) atoms. The van der Waals surface area contributed by atoms with E-state index in [0.29, 0.717) is 6.07 Å². The molecule has 0 saturated heterocycles. The number of ether oxygens (including phenoxy) is 1. The summed E-state index contributed by atoms with van der Waals surface area (Å²) in [5.41, 5.74) is -0.562. The van der Waals surface area contributed by atoms with Gasteiger partial charge in [-0.15, -0.1) is 0 Å². The van der Waals surface area contributed by atoms with E-state index in [9.17, 15) is 18.7 Å². The maximum absolute atomic E-state index is 13.7. The lowest BCUT2D eigenvalue weighted by Gasteiger charge is -2.11. The number of carbonyl (C=O) groups is 1. The highest BCUT2D eigenvalue weighted by atomic mass is 19.1. The molecule has 1 aromatic heterocycles. The Kier molecular flexibility index (Phi) is 3.29. The fraction of sp³-hybridized carbons (Fsp3) is 0.250. The molecule has 0 spiro atoms. The Morgan fingerprint density at radius 2 is 2.22 bits per heavy atom. The van der Waals surface area contributed by atoms with Crippen LogP contribution in [0.1, 0.15) is 18.6 Å². The van der Waals surface area contributed by atoms with Gasteiger partial charge in [0.15, 0.2) is 17.5 Å². The first-order chi connectivity index (χ1) is 8.56. The van der Waals surface area contributed by atoms with E-state index in [1.54, 1.807) is 6.92 Å². The van der Waals surface area contributed by atoms with Crippen LogP contribution in [0.2, 0.25) is 0 Å². The minimum Gasteiger partial charge on any atom is -0.464 e. The molecule has 96 valence electrons. The Morgan fingerprint density at radius 3 is 2.89 bits per heavy atom. The van der Waals surface area contributed by atoms with Crippen LogP contribution in [0.5, 0.6) is 0 Å². The number of aliphatic hydroxyl groups excluding tert-OH is 1. The summed E-state index contributed by atoms with van der Waals surface area (Å²) >= 11 is 0. The number of fused-ring (bicyclic) bond motifs is 1. The standard InChI is InChI=1S/C12H10F2O4/c1-2-17-12(16)10(15)9-6-3-4-18-11(6)8(14)5-7(9)13/h3-5,10,15H,2H2,1H3. The molecule has 0 aliphatic rings. The van der Waals surface area contributed by atoms with Crippen LogP contribution in [0.4, 0.5) is 8.78 Å². The molecule has 0 aliphatic heterocycles. The first-order valence-electron chi connectivity index (χ1n) is 5.26. The molecule has 1 unspecified atom stereocenters. The van der Waals surface area contributed by atoms with Crippen LogP contribution in [-0.4, -0.2) is 17.7 Å². The molecule has 2 aromatic rings. The zero-order valence-corrected chi connectivity index (χ0v) is 9.44. The van der Waals surface area contributed by atoms with E-state index in [1.165, 1.54) is 6.07 Å². The van der Waals surface area contributed by atoms with Crippen molar-refractivity contribution in [3.8, 4) is 0 Å². The predicted molar refractivity (Wildman–Crippen MR) is 57.7 cm³/mol. The first-order valence-corrected chi connectivity index (χ1v) is 5.26. The van der Waals surface area contributed by atoms with Gasteiger partial charge in [-0.1, -0.05) is 0 Å². The van der Waals surface area contributed by atoms with Crippen LogP contribution in [0.3, 0.4) is 0 Å². The Labute approximate surface area is 101 Å². The van der Waals surface area contributed by atoms with Gasteiger partial charge in [0.1, 0.15) is 5.82 Å².